The molecule has 0 bridgehead atoms. The molecule has 154 valence electrons. The predicted octanol–water partition coefficient (Wildman–Crippen LogP) is 3.69. The Hall–Kier alpha value is -3.48. The lowest BCUT2D eigenvalue weighted by Gasteiger charge is -2.27. The quantitative estimate of drug-likeness (QED) is 0.720. The summed E-state index contributed by atoms with van der Waals surface area (Å²) in [7, 11) is 0. The van der Waals surface area contributed by atoms with Crippen LogP contribution in [0.25, 0.3) is 5.69 Å². The maximum Gasteiger partial charge on any atom is 0.318 e. The Morgan fingerprint density at radius 3 is 2.73 bits per heavy atom. The van der Waals surface area contributed by atoms with Gasteiger partial charge in [-0.25, -0.2) is 9.48 Å². The molecule has 30 heavy (non-hydrogen) atoms. The van der Waals surface area contributed by atoms with Crippen molar-refractivity contribution in [2.45, 2.75) is 25.4 Å². The second-order valence-corrected chi connectivity index (χ2v) is 7.53. The molecule has 1 aromatic heterocycles. The van der Waals surface area contributed by atoms with Crippen molar-refractivity contribution >= 4 is 6.03 Å². The summed E-state index contributed by atoms with van der Waals surface area (Å²) in [6.07, 6.45) is 5.60. The highest BCUT2D eigenvalue weighted by Crippen LogP contribution is 2.38. The van der Waals surface area contributed by atoms with Crippen LogP contribution >= 0.6 is 0 Å². The van der Waals surface area contributed by atoms with Crippen molar-refractivity contribution < 1.29 is 14.3 Å². The van der Waals surface area contributed by atoms with Crippen LogP contribution in [0.1, 0.15) is 30.0 Å². The van der Waals surface area contributed by atoms with Gasteiger partial charge in [-0.2, -0.15) is 5.10 Å². The van der Waals surface area contributed by atoms with Crippen LogP contribution in [0.5, 0.6) is 11.5 Å². The zero-order valence-electron chi connectivity index (χ0n) is 16.7. The maximum absolute atomic E-state index is 12.9. The summed E-state index contributed by atoms with van der Waals surface area (Å²) >= 11 is 0. The number of nitrogens with zero attached hydrogens (tertiary/aromatic N) is 3. The summed E-state index contributed by atoms with van der Waals surface area (Å²) in [5, 5.41) is 7.30. The molecule has 0 spiro atoms. The van der Waals surface area contributed by atoms with Gasteiger partial charge in [-0.15, -0.1) is 0 Å². The van der Waals surface area contributed by atoms with Crippen molar-refractivity contribution in [1.82, 2.24) is 20.0 Å². The molecule has 7 heteroatoms. The number of carbonyl (C=O) groups is 1. The summed E-state index contributed by atoms with van der Waals surface area (Å²) < 4.78 is 13.1. The Balaban J connectivity index is 1.23. The van der Waals surface area contributed by atoms with Gasteiger partial charge < -0.3 is 19.7 Å². The molecule has 1 saturated heterocycles. The summed E-state index contributed by atoms with van der Waals surface area (Å²) in [6.45, 7) is 2.38. The first-order chi connectivity index (χ1) is 14.8. The van der Waals surface area contributed by atoms with Crippen LogP contribution < -0.4 is 14.8 Å². The molecule has 1 atom stereocenters. The molecule has 0 aliphatic carbocycles. The molecule has 5 rings (SSSR count). The summed E-state index contributed by atoms with van der Waals surface area (Å²) in [5.74, 6) is 1.54. The number of benzene rings is 2. The van der Waals surface area contributed by atoms with E-state index in [1.54, 1.807) is 6.20 Å². The molecule has 2 aliphatic rings. The normalized spacial score (nSPS) is 17.7. The number of carbonyl (C=O) groups excluding carboxylic acids is 1. The average molecular weight is 404 g/mol. The molecule has 0 radical (unpaired) electrons. The van der Waals surface area contributed by atoms with Crippen molar-refractivity contribution in [1.29, 1.82) is 0 Å². The smallest absolute Gasteiger partial charge is 0.318 e. The van der Waals surface area contributed by atoms with Crippen LogP contribution in [0.3, 0.4) is 0 Å². The average Bonchev–Trinajstić information content (AvgIpc) is 3.50. The molecule has 7 nitrogen and oxygen atoms in total. The van der Waals surface area contributed by atoms with E-state index in [0.717, 1.165) is 47.7 Å². The minimum Gasteiger partial charge on any atom is -0.486 e. The third kappa shape index (κ3) is 3.70. The van der Waals surface area contributed by atoms with E-state index in [0.29, 0.717) is 19.8 Å². The van der Waals surface area contributed by atoms with Gasteiger partial charge in [-0.1, -0.05) is 18.2 Å². The molecule has 1 unspecified atom stereocenters. The van der Waals surface area contributed by atoms with Crippen molar-refractivity contribution in [3.8, 4) is 17.2 Å². The number of aromatic nitrogens is 2. The van der Waals surface area contributed by atoms with Gasteiger partial charge in [0.25, 0.3) is 0 Å². The Kier molecular flexibility index (Phi) is 5.01. The molecule has 0 saturated carbocycles. The number of nitrogens with one attached hydrogen (secondary N) is 1. The molecule has 1 fully saturated rings. The highest BCUT2D eigenvalue weighted by atomic mass is 16.6. The van der Waals surface area contributed by atoms with Crippen LogP contribution in [0.2, 0.25) is 0 Å². The first kappa shape index (κ1) is 18.5. The topological polar surface area (TPSA) is 68.6 Å². The zero-order valence-corrected chi connectivity index (χ0v) is 16.7. The second-order valence-electron chi connectivity index (χ2n) is 7.53. The summed E-state index contributed by atoms with van der Waals surface area (Å²) in [4.78, 5) is 14.8. The third-order valence-electron chi connectivity index (χ3n) is 5.61. The number of hydrogen-bond acceptors (Lipinski definition) is 4. The van der Waals surface area contributed by atoms with Crippen molar-refractivity contribution in [2.24, 2.45) is 0 Å². The van der Waals surface area contributed by atoms with Crippen LogP contribution in [-0.4, -0.2) is 40.5 Å². The van der Waals surface area contributed by atoms with E-state index in [9.17, 15) is 4.79 Å². The lowest BCUT2D eigenvalue weighted by Crippen LogP contribution is -2.39. The molecule has 2 aromatic carbocycles. The zero-order chi connectivity index (χ0) is 20.3. The van der Waals surface area contributed by atoms with Gasteiger partial charge in [0.1, 0.15) is 13.2 Å². The van der Waals surface area contributed by atoms with Crippen LogP contribution in [0, 0.1) is 0 Å². The minimum absolute atomic E-state index is 0.0384. The number of likely N-dealkylation sites (tertiary alicyclic amines) is 1. The Bertz CT molecular complexity index is 1020. The van der Waals surface area contributed by atoms with Gasteiger partial charge >= 0.3 is 6.03 Å². The maximum atomic E-state index is 12.9. The van der Waals surface area contributed by atoms with Gasteiger partial charge in [0.05, 0.1) is 11.7 Å². The number of ether oxygens (including phenoxy) is 2. The van der Waals surface area contributed by atoms with E-state index in [1.165, 1.54) is 0 Å². The van der Waals surface area contributed by atoms with E-state index in [1.807, 2.05) is 64.3 Å². The molecular formula is C23H24N4O3. The van der Waals surface area contributed by atoms with Gasteiger partial charge in [0.15, 0.2) is 11.5 Å². The fourth-order valence-electron chi connectivity index (χ4n) is 4.09. The molecule has 3 aromatic rings. The van der Waals surface area contributed by atoms with Crippen LogP contribution in [0.4, 0.5) is 4.79 Å². The first-order valence-electron chi connectivity index (χ1n) is 10.3. The number of amides is 2. The number of urea groups is 1. The SMILES string of the molecule is O=C(NCc1ccc(-n2cccn2)cc1)N1CCCC1c1ccc2c(c1)OCCO2. The van der Waals surface area contributed by atoms with Gasteiger partial charge in [-0.05, 0) is 54.3 Å². The van der Waals surface area contributed by atoms with Gasteiger partial charge in [0.2, 0.25) is 0 Å². The first-order valence-corrected chi connectivity index (χ1v) is 10.3. The Morgan fingerprint density at radius 2 is 1.93 bits per heavy atom. The Labute approximate surface area is 175 Å². The molecule has 3 heterocycles. The lowest BCUT2D eigenvalue weighted by molar-refractivity contribution is 0.170. The summed E-state index contributed by atoms with van der Waals surface area (Å²) in [5.41, 5.74) is 3.14. The third-order valence-corrected chi connectivity index (χ3v) is 5.61. The molecule has 2 aliphatic heterocycles. The van der Waals surface area contributed by atoms with Crippen LogP contribution in [-0.2, 0) is 6.54 Å². The van der Waals surface area contributed by atoms with Crippen molar-refractivity contribution in [2.75, 3.05) is 19.8 Å². The molecule has 2 amide bonds. The fraction of sp³-hybridized carbons (Fsp3) is 0.304. The fourth-order valence-corrected chi connectivity index (χ4v) is 4.09. The van der Waals surface area contributed by atoms with E-state index >= 15 is 0 Å². The molecular weight excluding hydrogens is 380 g/mol. The minimum atomic E-state index is -0.0384. The predicted molar refractivity (Wildman–Crippen MR) is 112 cm³/mol. The lowest BCUT2D eigenvalue weighted by atomic mass is 10.0. The van der Waals surface area contributed by atoms with E-state index < -0.39 is 0 Å². The number of fused-ring (bicyclic) bond motifs is 1. The standard InChI is InChI=1S/C23H24N4O3/c28-23(24-16-17-4-7-19(8-5-17)27-12-2-10-25-27)26-11-1-3-20(26)18-6-9-21-22(15-18)30-14-13-29-21/h2,4-10,12,15,20H,1,3,11,13-14,16H2,(H,24,28). The van der Waals surface area contributed by atoms with E-state index in [2.05, 4.69) is 10.4 Å². The largest absolute Gasteiger partial charge is 0.486 e. The van der Waals surface area contributed by atoms with Gasteiger partial charge in [-0.3, -0.25) is 0 Å². The van der Waals surface area contributed by atoms with E-state index in [4.69, 9.17) is 9.47 Å². The summed E-state index contributed by atoms with van der Waals surface area (Å²) in [6, 6.07) is 15.9. The highest BCUT2D eigenvalue weighted by Gasteiger charge is 2.30. The molecule has 1 N–H and O–H groups in total. The van der Waals surface area contributed by atoms with Crippen LogP contribution in [0.15, 0.2) is 60.9 Å². The highest BCUT2D eigenvalue weighted by molar-refractivity contribution is 5.75. The number of hydrogen-bond donors (Lipinski definition) is 1. The van der Waals surface area contributed by atoms with Crippen molar-refractivity contribution in [3.05, 3.63) is 72.1 Å². The van der Waals surface area contributed by atoms with E-state index in [-0.39, 0.29) is 12.1 Å². The Morgan fingerprint density at radius 1 is 1.10 bits per heavy atom. The second kappa shape index (κ2) is 8.10. The monoisotopic (exact) mass is 404 g/mol. The van der Waals surface area contributed by atoms with Gasteiger partial charge in [0, 0.05) is 25.5 Å². The number of rotatable bonds is 4. The van der Waals surface area contributed by atoms with Crippen molar-refractivity contribution in [3.63, 3.8) is 0 Å².